The van der Waals surface area contributed by atoms with Crippen LogP contribution in [0.3, 0.4) is 0 Å². The zero-order valence-electron chi connectivity index (χ0n) is 35.5. The Kier molecular flexibility index (Phi) is 8.52. The molecule has 294 valence electrons. The highest BCUT2D eigenvalue weighted by molar-refractivity contribution is 5.93. The first-order chi connectivity index (χ1) is 28.2. The number of allylic oxidation sites excluding steroid dienone is 18. The van der Waals surface area contributed by atoms with Crippen molar-refractivity contribution in [2.24, 2.45) is 23.2 Å². The molecule has 0 spiro atoms. The minimum Gasteiger partial charge on any atom is -0.341 e. The number of rotatable bonds is 6. The normalized spacial score (nSPS) is 27.4. The molecule has 2 aromatic carbocycles. The molecule has 0 N–H and O–H groups in total. The van der Waals surface area contributed by atoms with Crippen LogP contribution in [0.4, 0.5) is 0 Å². The van der Waals surface area contributed by atoms with Crippen molar-refractivity contribution in [3.05, 3.63) is 177 Å². The maximum atomic E-state index is 2.71. The van der Waals surface area contributed by atoms with Crippen LogP contribution in [0.1, 0.15) is 126 Å². The van der Waals surface area contributed by atoms with E-state index in [2.05, 4.69) is 159 Å². The Labute approximate surface area is 347 Å². The molecule has 1 heterocycles. The molecule has 4 unspecified atom stereocenters. The van der Waals surface area contributed by atoms with Gasteiger partial charge in [-0.05, 0) is 139 Å². The van der Waals surface area contributed by atoms with Gasteiger partial charge in [-0.25, -0.2) is 0 Å². The number of benzene rings is 2. The van der Waals surface area contributed by atoms with Gasteiger partial charge in [-0.1, -0.05) is 143 Å². The standard InChI is InChI=1S/C56H60N2/c1-36-14-6-12-20-52(36)58-53-21-13-9-17-46(53)47-33-39(25-31-54(47)58)38-23-26-40(27-24-38)57(41-28-30-45-43-16-8-11-19-49(43)56(4,5)51(45)34-41)35-37-22-29-44-42-15-7-10-18-48(42)55(2,3)50(44)32-37/h7,9,11-13,15,17,19-23,26-30,32-33,36,38,51-52H,6,8,10,14,16,18,24-25,31,34-35H2,1-5H3. The molecule has 0 radical (unpaired) electrons. The van der Waals surface area contributed by atoms with Gasteiger partial charge in [0, 0.05) is 51.4 Å². The summed E-state index contributed by atoms with van der Waals surface area (Å²) in [6.07, 6.45) is 41.3. The number of fused-ring (bicyclic) bond motifs is 7. The van der Waals surface area contributed by atoms with E-state index in [-0.39, 0.29) is 10.8 Å². The summed E-state index contributed by atoms with van der Waals surface area (Å²) in [4.78, 5) is 2.69. The largest absolute Gasteiger partial charge is 0.341 e. The van der Waals surface area contributed by atoms with Gasteiger partial charge in [0.05, 0.1) is 6.04 Å². The maximum Gasteiger partial charge on any atom is 0.0545 e. The lowest BCUT2D eigenvalue weighted by atomic mass is 9.72. The highest BCUT2D eigenvalue weighted by Gasteiger charge is 2.46. The lowest BCUT2D eigenvalue weighted by Crippen LogP contribution is -2.30. The summed E-state index contributed by atoms with van der Waals surface area (Å²) in [5.74, 6) is 1.61. The lowest BCUT2D eigenvalue weighted by molar-refractivity contribution is 0.297. The van der Waals surface area contributed by atoms with E-state index in [4.69, 9.17) is 0 Å². The Morgan fingerprint density at radius 2 is 1.71 bits per heavy atom. The van der Waals surface area contributed by atoms with Gasteiger partial charge >= 0.3 is 0 Å². The van der Waals surface area contributed by atoms with E-state index in [1.165, 1.54) is 82.2 Å². The van der Waals surface area contributed by atoms with Crippen molar-refractivity contribution >= 4 is 22.6 Å². The molecular formula is C56H60N2. The summed E-state index contributed by atoms with van der Waals surface area (Å²) in [6.45, 7) is 13.2. The lowest BCUT2D eigenvalue weighted by Gasteiger charge is -2.38. The molecule has 0 saturated carbocycles. The van der Waals surface area contributed by atoms with Crippen molar-refractivity contribution < 1.29 is 0 Å². The molecule has 3 aromatic rings. The zero-order chi connectivity index (χ0) is 39.3. The number of hydrogen-bond acceptors (Lipinski definition) is 1. The highest BCUT2D eigenvalue weighted by Crippen LogP contribution is 2.57. The van der Waals surface area contributed by atoms with Crippen LogP contribution in [0.15, 0.2) is 149 Å². The monoisotopic (exact) mass is 760 g/mol. The SMILES string of the molecule is CC1CCC=CC1n1c2c(c3ccccc31)C=C(C1C=CC(N(Cc3ccc4c(c3)C(C)(C)C3=C4C=CCC3)C3=CC=C4C5=C(C=CCC5)C(C)(C)C4C3)=CC1)CC2. The van der Waals surface area contributed by atoms with Crippen LogP contribution in [0.25, 0.3) is 22.6 Å². The van der Waals surface area contributed by atoms with Crippen molar-refractivity contribution in [3.63, 3.8) is 0 Å². The van der Waals surface area contributed by atoms with Crippen LogP contribution in [0, 0.1) is 23.2 Å². The fraction of sp³-hybridized carbons (Fsp3) is 0.393. The van der Waals surface area contributed by atoms with Crippen molar-refractivity contribution in [2.45, 2.75) is 117 Å². The van der Waals surface area contributed by atoms with Gasteiger partial charge in [0.2, 0.25) is 0 Å². The molecule has 0 fully saturated rings. The van der Waals surface area contributed by atoms with Gasteiger partial charge in [0.25, 0.3) is 0 Å². The molecule has 2 heteroatoms. The van der Waals surface area contributed by atoms with E-state index in [1.54, 1.807) is 33.6 Å². The molecule has 0 saturated heterocycles. The van der Waals surface area contributed by atoms with Gasteiger partial charge in [-0.2, -0.15) is 0 Å². The molecule has 1 aromatic heterocycles. The van der Waals surface area contributed by atoms with Crippen LogP contribution in [0.2, 0.25) is 0 Å². The summed E-state index contributed by atoms with van der Waals surface area (Å²) >= 11 is 0. The minimum absolute atomic E-state index is 0.0760. The van der Waals surface area contributed by atoms with Gasteiger partial charge in [-0.15, -0.1) is 0 Å². The smallest absolute Gasteiger partial charge is 0.0545 e. The fourth-order valence-corrected chi connectivity index (χ4v) is 12.6. The van der Waals surface area contributed by atoms with E-state index in [1.807, 2.05) is 0 Å². The first-order valence-corrected chi connectivity index (χ1v) is 22.7. The van der Waals surface area contributed by atoms with Gasteiger partial charge in [0.15, 0.2) is 0 Å². The predicted molar refractivity (Wildman–Crippen MR) is 244 cm³/mol. The number of para-hydroxylation sites is 1. The maximum absolute atomic E-state index is 2.71. The highest BCUT2D eigenvalue weighted by atomic mass is 15.1. The Bertz CT molecular complexity index is 2570. The first kappa shape index (κ1) is 36.3. The molecule has 0 amide bonds. The summed E-state index contributed by atoms with van der Waals surface area (Å²) in [6, 6.07) is 17.1. The quantitative estimate of drug-likeness (QED) is 0.227. The van der Waals surface area contributed by atoms with E-state index >= 15 is 0 Å². The Morgan fingerprint density at radius 3 is 2.57 bits per heavy atom. The van der Waals surface area contributed by atoms with Crippen molar-refractivity contribution in [2.75, 3.05) is 0 Å². The molecule has 0 aliphatic heterocycles. The molecule has 8 aliphatic rings. The number of nitrogens with zero attached hydrogens (tertiary/aromatic N) is 2. The molecule has 0 bridgehead atoms. The third kappa shape index (κ3) is 5.56. The zero-order valence-corrected chi connectivity index (χ0v) is 35.5. The average Bonchev–Trinajstić information content (AvgIpc) is 3.79. The average molecular weight is 761 g/mol. The van der Waals surface area contributed by atoms with Crippen molar-refractivity contribution in [1.82, 2.24) is 9.47 Å². The Balaban J connectivity index is 0.926. The summed E-state index contributed by atoms with van der Waals surface area (Å²) in [7, 11) is 0. The summed E-state index contributed by atoms with van der Waals surface area (Å²) < 4.78 is 2.71. The van der Waals surface area contributed by atoms with Crippen molar-refractivity contribution in [3.8, 4) is 0 Å². The fourth-order valence-electron chi connectivity index (χ4n) is 12.6. The van der Waals surface area contributed by atoms with E-state index in [9.17, 15) is 0 Å². The topological polar surface area (TPSA) is 8.17 Å². The molecule has 11 rings (SSSR count). The Morgan fingerprint density at radius 1 is 0.845 bits per heavy atom. The number of hydrogen-bond donors (Lipinski definition) is 0. The van der Waals surface area contributed by atoms with E-state index in [0.29, 0.717) is 23.8 Å². The Hall–Kier alpha value is -4.82. The van der Waals surface area contributed by atoms with Crippen LogP contribution in [-0.2, 0) is 18.4 Å². The van der Waals surface area contributed by atoms with Gasteiger partial charge in [0.1, 0.15) is 0 Å². The van der Waals surface area contributed by atoms with Crippen LogP contribution in [0.5, 0.6) is 0 Å². The molecule has 58 heavy (non-hydrogen) atoms. The van der Waals surface area contributed by atoms with E-state index in [0.717, 1.165) is 38.6 Å². The summed E-state index contributed by atoms with van der Waals surface area (Å²) in [5, 5.41) is 1.42. The third-order valence-corrected chi connectivity index (χ3v) is 15.9. The van der Waals surface area contributed by atoms with Gasteiger partial charge in [-0.3, -0.25) is 0 Å². The van der Waals surface area contributed by atoms with E-state index < -0.39 is 0 Å². The molecular weight excluding hydrogens is 701 g/mol. The van der Waals surface area contributed by atoms with Gasteiger partial charge < -0.3 is 9.47 Å². The van der Waals surface area contributed by atoms with Crippen LogP contribution in [-0.4, -0.2) is 9.47 Å². The van der Waals surface area contributed by atoms with Crippen LogP contribution < -0.4 is 0 Å². The summed E-state index contributed by atoms with van der Waals surface area (Å²) in [5.41, 5.74) is 21.3. The molecule has 8 aliphatic carbocycles. The second kappa shape index (κ2) is 13.6. The predicted octanol–water partition coefficient (Wildman–Crippen LogP) is 14.4. The number of aromatic nitrogens is 1. The third-order valence-electron chi connectivity index (χ3n) is 15.9. The van der Waals surface area contributed by atoms with Crippen molar-refractivity contribution in [1.29, 1.82) is 0 Å². The first-order valence-electron chi connectivity index (χ1n) is 22.7. The second-order valence-corrected chi connectivity index (χ2v) is 19.8. The molecule has 2 nitrogen and oxygen atoms in total. The molecule has 4 atom stereocenters. The second-order valence-electron chi connectivity index (χ2n) is 19.8. The van der Waals surface area contributed by atoms with Crippen LogP contribution >= 0.6 is 0 Å². The minimum atomic E-state index is 0.0760.